The summed E-state index contributed by atoms with van der Waals surface area (Å²) >= 11 is 0. The predicted octanol–water partition coefficient (Wildman–Crippen LogP) is 2.04. The Balaban J connectivity index is 2.18. The van der Waals surface area contributed by atoms with Gasteiger partial charge in [-0.25, -0.2) is 4.79 Å². The average molecular weight is 245 g/mol. The molecule has 94 valence electrons. The van der Waals surface area contributed by atoms with Crippen LogP contribution in [0.25, 0.3) is 0 Å². The van der Waals surface area contributed by atoms with E-state index >= 15 is 0 Å². The fourth-order valence-corrected chi connectivity index (χ4v) is 1.86. The van der Waals surface area contributed by atoms with Crippen LogP contribution >= 0.6 is 0 Å². The Hall–Kier alpha value is -2.30. The summed E-state index contributed by atoms with van der Waals surface area (Å²) in [5, 5.41) is 16.4. The molecule has 5 heteroatoms. The molecule has 2 rings (SSSR count). The van der Waals surface area contributed by atoms with Crippen LogP contribution in [0.15, 0.2) is 30.5 Å². The summed E-state index contributed by atoms with van der Waals surface area (Å²) < 4.78 is 1.73. The van der Waals surface area contributed by atoms with Gasteiger partial charge < -0.3 is 10.4 Å². The van der Waals surface area contributed by atoms with Crippen molar-refractivity contribution in [1.29, 1.82) is 0 Å². The molecular formula is C13H15N3O2. The summed E-state index contributed by atoms with van der Waals surface area (Å²) in [5.41, 5.74) is 2.11. The number of aryl methyl sites for hydroxylation is 2. The molecule has 5 nitrogen and oxygen atoms in total. The number of carboxylic acid groups (broad SMARTS) is 1. The van der Waals surface area contributed by atoms with E-state index in [4.69, 9.17) is 5.11 Å². The van der Waals surface area contributed by atoms with E-state index in [9.17, 15) is 4.79 Å². The molecule has 2 aromatic rings. The lowest BCUT2D eigenvalue weighted by Gasteiger charge is -2.10. The molecule has 0 unspecified atom stereocenters. The highest BCUT2D eigenvalue weighted by Crippen LogP contribution is 2.15. The minimum Gasteiger partial charge on any atom is -0.478 e. The molecule has 0 fully saturated rings. The van der Waals surface area contributed by atoms with Crippen molar-refractivity contribution in [2.75, 3.05) is 5.32 Å². The molecule has 0 amide bonds. The molecule has 0 aliphatic rings. The van der Waals surface area contributed by atoms with E-state index in [0.717, 1.165) is 16.9 Å². The van der Waals surface area contributed by atoms with Gasteiger partial charge in [-0.3, -0.25) is 4.68 Å². The number of aromatic nitrogens is 2. The van der Waals surface area contributed by atoms with Crippen LogP contribution in [0.1, 0.15) is 21.5 Å². The summed E-state index contributed by atoms with van der Waals surface area (Å²) in [6.45, 7) is 2.42. The van der Waals surface area contributed by atoms with Crippen molar-refractivity contribution < 1.29 is 9.90 Å². The average Bonchev–Trinajstić information content (AvgIpc) is 2.67. The third-order valence-electron chi connectivity index (χ3n) is 2.82. The van der Waals surface area contributed by atoms with Crippen molar-refractivity contribution in [1.82, 2.24) is 9.78 Å². The Morgan fingerprint density at radius 2 is 2.17 bits per heavy atom. The normalized spacial score (nSPS) is 10.3. The van der Waals surface area contributed by atoms with Crippen LogP contribution in [-0.2, 0) is 13.6 Å². The maximum atomic E-state index is 11.1. The molecule has 1 aromatic heterocycles. The smallest absolute Gasteiger partial charge is 0.336 e. The minimum absolute atomic E-state index is 0.324. The summed E-state index contributed by atoms with van der Waals surface area (Å²) in [4.78, 5) is 11.1. The monoisotopic (exact) mass is 245 g/mol. The standard InChI is InChI=1S/C13H15N3O2/c1-9-7-15-16(2)12(9)14-8-10-5-3-4-6-11(10)13(17)18/h3-7,14H,8H2,1-2H3,(H,17,18). The van der Waals surface area contributed by atoms with E-state index in [1.807, 2.05) is 26.1 Å². The summed E-state index contributed by atoms with van der Waals surface area (Å²) in [6.07, 6.45) is 1.77. The Kier molecular flexibility index (Phi) is 3.32. The molecule has 1 heterocycles. The van der Waals surface area contributed by atoms with Gasteiger partial charge in [0.05, 0.1) is 11.8 Å². The topological polar surface area (TPSA) is 67.2 Å². The van der Waals surface area contributed by atoms with E-state index in [-0.39, 0.29) is 0 Å². The number of hydrogen-bond acceptors (Lipinski definition) is 3. The van der Waals surface area contributed by atoms with Crippen molar-refractivity contribution in [3.05, 3.63) is 47.2 Å². The number of hydrogen-bond donors (Lipinski definition) is 2. The molecule has 0 aliphatic carbocycles. The van der Waals surface area contributed by atoms with E-state index in [0.29, 0.717) is 12.1 Å². The van der Waals surface area contributed by atoms with E-state index in [2.05, 4.69) is 10.4 Å². The lowest BCUT2D eigenvalue weighted by molar-refractivity contribution is 0.0696. The van der Waals surface area contributed by atoms with Crippen molar-refractivity contribution in [3.8, 4) is 0 Å². The lowest BCUT2D eigenvalue weighted by atomic mass is 10.1. The third kappa shape index (κ3) is 2.34. The fraction of sp³-hybridized carbons (Fsp3) is 0.231. The number of nitrogens with one attached hydrogen (secondary N) is 1. The molecule has 0 saturated heterocycles. The van der Waals surface area contributed by atoms with Crippen LogP contribution in [0.4, 0.5) is 5.82 Å². The Morgan fingerprint density at radius 3 is 2.78 bits per heavy atom. The van der Waals surface area contributed by atoms with Gasteiger partial charge in [0, 0.05) is 19.2 Å². The molecule has 18 heavy (non-hydrogen) atoms. The highest BCUT2D eigenvalue weighted by molar-refractivity contribution is 5.89. The number of carbonyl (C=O) groups is 1. The zero-order chi connectivity index (χ0) is 13.1. The molecule has 2 N–H and O–H groups in total. The van der Waals surface area contributed by atoms with E-state index < -0.39 is 5.97 Å². The maximum absolute atomic E-state index is 11.1. The van der Waals surface area contributed by atoms with Crippen LogP contribution < -0.4 is 5.32 Å². The van der Waals surface area contributed by atoms with Crippen molar-refractivity contribution in [3.63, 3.8) is 0 Å². The molecule has 1 aromatic carbocycles. The van der Waals surface area contributed by atoms with E-state index in [1.165, 1.54) is 0 Å². The van der Waals surface area contributed by atoms with Crippen LogP contribution in [0, 0.1) is 6.92 Å². The lowest BCUT2D eigenvalue weighted by Crippen LogP contribution is -2.09. The largest absolute Gasteiger partial charge is 0.478 e. The first-order valence-corrected chi connectivity index (χ1v) is 5.63. The molecule has 0 aliphatic heterocycles. The van der Waals surface area contributed by atoms with Crippen molar-refractivity contribution >= 4 is 11.8 Å². The zero-order valence-corrected chi connectivity index (χ0v) is 10.3. The first kappa shape index (κ1) is 12.2. The zero-order valence-electron chi connectivity index (χ0n) is 10.3. The molecule has 0 radical (unpaired) electrons. The summed E-state index contributed by atoms with van der Waals surface area (Å²) in [7, 11) is 1.85. The number of nitrogens with zero attached hydrogens (tertiary/aromatic N) is 2. The van der Waals surface area contributed by atoms with Crippen LogP contribution in [0.3, 0.4) is 0 Å². The second-order valence-corrected chi connectivity index (χ2v) is 4.12. The number of rotatable bonds is 4. The second-order valence-electron chi connectivity index (χ2n) is 4.12. The Bertz CT molecular complexity index is 556. The van der Waals surface area contributed by atoms with Gasteiger partial charge in [0.1, 0.15) is 5.82 Å². The second kappa shape index (κ2) is 4.91. The highest BCUT2D eigenvalue weighted by Gasteiger charge is 2.10. The third-order valence-corrected chi connectivity index (χ3v) is 2.82. The molecule has 0 saturated carbocycles. The molecule has 0 atom stereocenters. The fourth-order valence-electron chi connectivity index (χ4n) is 1.86. The van der Waals surface area contributed by atoms with Gasteiger partial charge in [-0.1, -0.05) is 18.2 Å². The van der Waals surface area contributed by atoms with Crippen LogP contribution in [0.2, 0.25) is 0 Å². The summed E-state index contributed by atoms with van der Waals surface area (Å²) in [5.74, 6) is -0.00989. The van der Waals surface area contributed by atoms with Gasteiger partial charge in [-0.05, 0) is 18.6 Å². The molecule has 0 spiro atoms. The SMILES string of the molecule is Cc1cnn(C)c1NCc1ccccc1C(=O)O. The van der Waals surface area contributed by atoms with Gasteiger partial charge in [-0.15, -0.1) is 0 Å². The van der Waals surface area contributed by atoms with Gasteiger partial charge in [0.25, 0.3) is 0 Å². The number of carboxylic acids is 1. The van der Waals surface area contributed by atoms with Crippen LogP contribution in [0.5, 0.6) is 0 Å². The number of anilines is 1. The van der Waals surface area contributed by atoms with Crippen molar-refractivity contribution in [2.45, 2.75) is 13.5 Å². The minimum atomic E-state index is -0.908. The highest BCUT2D eigenvalue weighted by atomic mass is 16.4. The molecule has 0 bridgehead atoms. The maximum Gasteiger partial charge on any atom is 0.336 e. The van der Waals surface area contributed by atoms with Gasteiger partial charge >= 0.3 is 5.97 Å². The molecular weight excluding hydrogens is 230 g/mol. The van der Waals surface area contributed by atoms with Crippen molar-refractivity contribution in [2.24, 2.45) is 7.05 Å². The van der Waals surface area contributed by atoms with Gasteiger partial charge in [-0.2, -0.15) is 5.10 Å². The quantitative estimate of drug-likeness (QED) is 0.865. The number of benzene rings is 1. The first-order chi connectivity index (χ1) is 8.59. The summed E-state index contributed by atoms with van der Waals surface area (Å²) in [6, 6.07) is 6.97. The Labute approximate surface area is 105 Å². The van der Waals surface area contributed by atoms with Gasteiger partial charge in [0.2, 0.25) is 0 Å². The van der Waals surface area contributed by atoms with E-state index in [1.54, 1.807) is 23.0 Å². The van der Waals surface area contributed by atoms with Crippen LogP contribution in [-0.4, -0.2) is 20.9 Å². The Morgan fingerprint density at radius 1 is 1.44 bits per heavy atom. The number of aromatic carboxylic acids is 1. The predicted molar refractivity (Wildman–Crippen MR) is 68.7 cm³/mol. The first-order valence-electron chi connectivity index (χ1n) is 5.63. The van der Waals surface area contributed by atoms with Gasteiger partial charge in [0.15, 0.2) is 0 Å².